The maximum atomic E-state index is 12.5. The third kappa shape index (κ3) is 3.37. The molecule has 0 unspecified atom stereocenters. The van der Waals surface area contributed by atoms with E-state index in [1.165, 1.54) is 0 Å². The topological polar surface area (TPSA) is 76.4 Å². The van der Waals surface area contributed by atoms with Gasteiger partial charge in [-0.25, -0.2) is 0 Å². The van der Waals surface area contributed by atoms with E-state index in [1.807, 2.05) is 0 Å². The number of rotatable bonds is 5. The molecule has 0 aromatic rings. The Morgan fingerprint density at radius 1 is 1.43 bits per heavy atom. The van der Waals surface area contributed by atoms with Gasteiger partial charge in [-0.15, -0.1) is 12.3 Å². The first kappa shape index (κ1) is 15.8. The summed E-state index contributed by atoms with van der Waals surface area (Å²) in [6.45, 7) is 0.218. The fourth-order valence-corrected chi connectivity index (χ4v) is 3.52. The summed E-state index contributed by atoms with van der Waals surface area (Å²) >= 11 is 0. The first-order chi connectivity index (χ1) is 10.2. The Kier molecular flexibility index (Phi) is 5.22. The predicted molar refractivity (Wildman–Crippen MR) is 79.0 cm³/mol. The highest BCUT2D eigenvalue weighted by Crippen LogP contribution is 2.30. The second kappa shape index (κ2) is 6.93. The molecule has 5 nitrogen and oxygen atoms in total. The summed E-state index contributed by atoms with van der Waals surface area (Å²) in [6.07, 6.45) is 11.3. The molecule has 2 atom stereocenters. The highest BCUT2D eigenvalue weighted by atomic mass is 16.3. The van der Waals surface area contributed by atoms with E-state index in [-0.39, 0.29) is 36.7 Å². The number of hydrogen-bond donors (Lipinski definition) is 2. The van der Waals surface area contributed by atoms with Gasteiger partial charge >= 0.3 is 0 Å². The zero-order valence-electron chi connectivity index (χ0n) is 12.3. The minimum atomic E-state index is -0.369. The van der Waals surface area contributed by atoms with Gasteiger partial charge in [-0.1, -0.05) is 12.8 Å². The van der Waals surface area contributed by atoms with Gasteiger partial charge in [-0.2, -0.15) is 5.26 Å². The summed E-state index contributed by atoms with van der Waals surface area (Å²) in [5.41, 5.74) is -0.320. The molecule has 114 valence electrons. The quantitative estimate of drug-likeness (QED) is 0.734. The van der Waals surface area contributed by atoms with E-state index in [0.717, 1.165) is 32.1 Å². The van der Waals surface area contributed by atoms with E-state index in [9.17, 15) is 15.2 Å². The van der Waals surface area contributed by atoms with Crippen LogP contribution in [0.2, 0.25) is 0 Å². The number of nitriles is 1. The zero-order valence-corrected chi connectivity index (χ0v) is 12.3. The summed E-state index contributed by atoms with van der Waals surface area (Å²) in [5, 5.41) is 22.0. The Bertz CT molecular complexity index is 457. The van der Waals surface area contributed by atoms with Crippen LogP contribution < -0.4 is 5.32 Å². The van der Waals surface area contributed by atoms with Crippen molar-refractivity contribution in [2.45, 2.75) is 62.6 Å². The third-order valence-electron chi connectivity index (χ3n) is 4.77. The number of hydrogen-bond acceptors (Lipinski definition) is 4. The van der Waals surface area contributed by atoms with Crippen molar-refractivity contribution < 1.29 is 9.90 Å². The molecule has 0 bridgehead atoms. The van der Waals surface area contributed by atoms with Crippen LogP contribution in [0, 0.1) is 23.7 Å². The van der Waals surface area contributed by atoms with Gasteiger partial charge in [0.05, 0.1) is 19.2 Å². The first-order valence-electron chi connectivity index (χ1n) is 7.66. The van der Waals surface area contributed by atoms with Crippen LogP contribution in [0.5, 0.6) is 0 Å². The van der Waals surface area contributed by atoms with E-state index >= 15 is 0 Å². The van der Waals surface area contributed by atoms with Crippen molar-refractivity contribution in [3.8, 4) is 18.4 Å². The van der Waals surface area contributed by atoms with Gasteiger partial charge in [-0.3, -0.25) is 4.79 Å². The molecule has 0 aromatic heterocycles. The zero-order chi connectivity index (χ0) is 15.3. The second-order valence-electron chi connectivity index (χ2n) is 6.08. The monoisotopic (exact) mass is 289 g/mol. The normalized spacial score (nSPS) is 27.3. The molecule has 1 amide bonds. The molecule has 1 saturated heterocycles. The Morgan fingerprint density at radius 2 is 2.14 bits per heavy atom. The highest BCUT2D eigenvalue weighted by Gasteiger charge is 2.38. The van der Waals surface area contributed by atoms with Crippen LogP contribution in [-0.4, -0.2) is 46.7 Å². The van der Waals surface area contributed by atoms with Crippen molar-refractivity contribution in [1.82, 2.24) is 10.2 Å². The van der Waals surface area contributed by atoms with Crippen LogP contribution in [0.4, 0.5) is 0 Å². The van der Waals surface area contributed by atoms with E-state index < -0.39 is 0 Å². The Hall–Kier alpha value is -1.56. The van der Waals surface area contributed by atoms with Gasteiger partial charge < -0.3 is 15.3 Å². The van der Waals surface area contributed by atoms with E-state index in [4.69, 9.17) is 6.42 Å². The SMILES string of the molecule is C#CC[C@@H]1CC[C@@H](C#N)N1C(=O)CNC1(CO)CCCC1. The Balaban J connectivity index is 1.97. The lowest BCUT2D eigenvalue weighted by atomic mass is 9.99. The molecule has 0 spiro atoms. The highest BCUT2D eigenvalue weighted by molar-refractivity contribution is 5.79. The standard InChI is InChI=1S/C16H23N3O2/c1-2-5-13-6-7-14(10-17)19(13)15(21)11-18-16(12-20)8-3-4-9-16/h1,13-14,18,20H,3-9,11-12H2/t13-,14+/m1/s1. The first-order valence-corrected chi connectivity index (χ1v) is 7.66. The average molecular weight is 289 g/mol. The Labute approximate surface area is 126 Å². The van der Waals surface area contributed by atoms with Crippen molar-refractivity contribution >= 4 is 5.91 Å². The van der Waals surface area contributed by atoms with Crippen LogP contribution in [0.25, 0.3) is 0 Å². The van der Waals surface area contributed by atoms with Crippen molar-refractivity contribution in [2.24, 2.45) is 0 Å². The number of terminal acetylenes is 1. The van der Waals surface area contributed by atoms with Crippen molar-refractivity contribution in [1.29, 1.82) is 5.26 Å². The molecular formula is C16H23N3O2. The van der Waals surface area contributed by atoms with Crippen molar-refractivity contribution in [3.05, 3.63) is 0 Å². The molecule has 1 heterocycles. The lowest BCUT2D eigenvalue weighted by molar-refractivity contribution is -0.132. The molecule has 2 fully saturated rings. The molecule has 1 aliphatic carbocycles. The number of nitrogens with one attached hydrogen (secondary N) is 1. The summed E-state index contributed by atoms with van der Waals surface area (Å²) in [7, 11) is 0. The maximum absolute atomic E-state index is 12.5. The minimum absolute atomic E-state index is 0.0254. The van der Waals surface area contributed by atoms with Crippen LogP contribution in [0.15, 0.2) is 0 Å². The lowest BCUT2D eigenvalue weighted by Gasteiger charge is -2.31. The molecule has 1 aliphatic heterocycles. The molecule has 0 radical (unpaired) electrons. The molecule has 2 aliphatic rings. The molecule has 5 heteroatoms. The number of nitrogens with zero attached hydrogens (tertiary/aromatic N) is 2. The van der Waals surface area contributed by atoms with Gasteiger partial charge in [0.1, 0.15) is 6.04 Å². The molecule has 0 aromatic carbocycles. The van der Waals surface area contributed by atoms with Crippen LogP contribution >= 0.6 is 0 Å². The van der Waals surface area contributed by atoms with Gasteiger partial charge in [0.25, 0.3) is 0 Å². The summed E-state index contributed by atoms with van der Waals surface area (Å²) < 4.78 is 0. The van der Waals surface area contributed by atoms with Crippen LogP contribution in [0.3, 0.4) is 0 Å². The second-order valence-corrected chi connectivity index (χ2v) is 6.08. The fourth-order valence-electron chi connectivity index (χ4n) is 3.52. The van der Waals surface area contributed by atoms with E-state index in [0.29, 0.717) is 12.8 Å². The summed E-state index contributed by atoms with van der Waals surface area (Å²) in [4.78, 5) is 14.1. The minimum Gasteiger partial charge on any atom is -0.394 e. The number of aliphatic hydroxyl groups is 1. The van der Waals surface area contributed by atoms with Gasteiger partial charge in [0, 0.05) is 18.0 Å². The number of aliphatic hydroxyl groups excluding tert-OH is 1. The third-order valence-corrected chi connectivity index (χ3v) is 4.77. The largest absolute Gasteiger partial charge is 0.394 e. The lowest BCUT2D eigenvalue weighted by Crippen LogP contribution is -2.52. The summed E-state index contributed by atoms with van der Waals surface area (Å²) in [6, 6.07) is 1.80. The molecule has 2 N–H and O–H groups in total. The van der Waals surface area contributed by atoms with Crippen LogP contribution in [-0.2, 0) is 4.79 Å². The van der Waals surface area contributed by atoms with Crippen molar-refractivity contribution in [3.63, 3.8) is 0 Å². The van der Waals surface area contributed by atoms with Gasteiger partial charge in [0.15, 0.2) is 0 Å². The van der Waals surface area contributed by atoms with Crippen molar-refractivity contribution in [2.75, 3.05) is 13.2 Å². The fraction of sp³-hybridized carbons (Fsp3) is 0.750. The average Bonchev–Trinajstić information content (AvgIpc) is 3.12. The molecule has 2 rings (SSSR count). The number of carbonyl (C=O) groups is 1. The maximum Gasteiger partial charge on any atom is 0.237 e. The number of likely N-dealkylation sites (tertiary alicyclic amines) is 1. The predicted octanol–water partition coefficient (Wildman–Crippen LogP) is 0.788. The summed E-state index contributed by atoms with van der Waals surface area (Å²) in [5.74, 6) is 2.51. The Morgan fingerprint density at radius 3 is 2.71 bits per heavy atom. The van der Waals surface area contributed by atoms with Gasteiger partial charge in [-0.05, 0) is 25.7 Å². The van der Waals surface area contributed by atoms with Gasteiger partial charge in [0.2, 0.25) is 5.91 Å². The molecular weight excluding hydrogens is 266 g/mol. The number of carbonyl (C=O) groups excluding carboxylic acids is 1. The number of amides is 1. The van der Waals surface area contributed by atoms with Crippen LogP contribution in [0.1, 0.15) is 44.9 Å². The smallest absolute Gasteiger partial charge is 0.237 e. The molecule has 1 saturated carbocycles. The van der Waals surface area contributed by atoms with E-state index in [1.54, 1.807) is 4.90 Å². The molecule has 21 heavy (non-hydrogen) atoms. The van der Waals surface area contributed by atoms with E-state index in [2.05, 4.69) is 17.3 Å².